The van der Waals surface area contributed by atoms with Gasteiger partial charge in [-0.15, -0.1) is 0 Å². The van der Waals surface area contributed by atoms with Crippen LogP contribution < -0.4 is 5.32 Å². The van der Waals surface area contributed by atoms with Gasteiger partial charge in [-0.05, 0) is 68.8 Å². The third-order valence-electron chi connectivity index (χ3n) is 5.23. The molecule has 0 spiro atoms. The highest BCUT2D eigenvalue weighted by Gasteiger charge is 2.26. The van der Waals surface area contributed by atoms with E-state index in [1.54, 1.807) is 18.2 Å². The molecule has 1 amide bonds. The largest absolute Gasteiger partial charge is 0.465 e. The van der Waals surface area contributed by atoms with Crippen LogP contribution in [0.3, 0.4) is 0 Å². The van der Waals surface area contributed by atoms with Crippen LogP contribution in [-0.4, -0.2) is 57.3 Å². The Morgan fingerprint density at radius 1 is 1.17 bits per heavy atom. The van der Waals surface area contributed by atoms with Crippen LogP contribution in [0.25, 0.3) is 6.08 Å². The molecule has 1 aromatic heterocycles. The number of nitrogens with zero attached hydrogens (tertiary/aromatic N) is 2. The van der Waals surface area contributed by atoms with E-state index in [0.29, 0.717) is 6.54 Å². The van der Waals surface area contributed by atoms with Gasteiger partial charge in [-0.25, -0.2) is 12.7 Å². The first-order chi connectivity index (χ1) is 14.3. The molecule has 1 N–H and O–H groups in total. The van der Waals surface area contributed by atoms with Crippen LogP contribution in [0.1, 0.15) is 36.0 Å². The van der Waals surface area contributed by atoms with Crippen molar-refractivity contribution >= 4 is 22.0 Å². The van der Waals surface area contributed by atoms with Crippen LogP contribution in [0, 0.1) is 6.92 Å². The number of benzene rings is 1. The minimum absolute atomic E-state index is 0.0223. The quantitative estimate of drug-likeness (QED) is 0.650. The van der Waals surface area contributed by atoms with Crippen molar-refractivity contribution in [3.05, 3.63) is 59.6 Å². The molecule has 0 radical (unpaired) electrons. The highest BCUT2D eigenvalue weighted by molar-refractivity contribution is 7.89. The average molecular weight is 432 g/mol. The second-order valence-corrected chi connectivity index (χ2v) is 9.79. The molecular weight excluding hydrogens is 402 g/mol. The fraction of sp³-hybridized carbons (Fsp3) is 0.409. The Bertz CT molecular complexity index is 988. The third kappa shape index (κ3) is 5.38. The zero-order valence-corrected chi connectivity index (χ0v) is 18.5. The van der Waals surface area contributed by atoms with Crippen molar-refractivity contribution in [1.82, 2.24) is 14.5 Å². The topological polar surface area (TPSA) is 82.9 Å². The Labute approximate surface area is 178 Å². The summed E-state index contributed by atoms with van der Waals surface area (Å²) in [5.41, 5.74) is 0.751. The fourth-order valence-electron chi connectivity index (χ4n) is 3.49. The van der Waals surface area contributed by atoms with E-state index in [1.807, 2.05) is 19.1 Å². The summed E-state index contributed by atoms with van der Waals surface area (Å²) in [7, 11) is -0.474. The third-order valence-corrected chi connectivity index (χ3v) is 7.06. The van der Waals surface area contributed by atoms with Crippen molar-refractivity contribution in [3.8, 4) is 0 Å². The van der Waals surface area contributed by atoms with Crippen LogP contribution >= 0.6 is 0 Å². The summed E-state index contributed by atoms with van der Waals surface area (Å²) in [5.74, 6) is 1.53. The summed E-state index contributed by atoms with van der Waals surface area (Å²) >= 11 is 0. The Morgan fingerprint density at radius 3 is 2.40 bits per heavy atom. The van der Waals surface area contributed by atoms with Crippen LogP contribution in [0.4, 0.5) is 0 Å². The van der Waals surface area contributed by atoms with E-state index in [2.05, 4.69) is 10.2 Å². The van der Waals surface area contributed by atoms with Crippen molar-refractivity contribution in [2.75, 3.05) is 33.7 Å². The predicted octanol–water partition coefficient (Wildman–Crippen LogP) is 2.80. The average Bonchev–Trinajstić information content (AvgIpc) is 3.39. The van der Waals surface area contributed by atoms with Crippen LogP contribution in [0.5, 0.6) is 0 Å². The number of carbonyl (C=O) groups excluding carboxylic acids is 1. The molecule has 0 bridgehead atoms. The number of furan rings is 1. The maximum Gasteiger partial charge on any atom is 0.244 e. The molecule has 3 rings (SSSR count). The van der Waals surface area contributed by atoms with Crippen molar-refractivity contribution in [1.29, 1.82) is 0 Å². The fourth-order valence-corrected chi connectivity index (χ4v) is 4.39. The predicted molar refractivity (Wildman–Crippen MR) is 116 cm³/mol. The zero-order valence-electron chi connectivity index (χ0n) is 17.7. The first kappa shape index (κ1) is 22.3. The molecule has 7 nitrogen and oxygen atoms in total. The van der Waals surface area contributed by atoms with Gasteiger partial charge >= 0.3 is 0 Å². The van der Waals surface area contributed by atoms with Crippen molar-refractivity contribution in [3.63, 3.8) is 0 Å². The summed E-state index contributed by atoms with van der Waals surface area (Å²) in [6.45, 7) is 4.38. The molecule has 1 atom stereocenters. The van der Waals surface area contributed by atoms with Crippen molar-refractivity contribution in [2.24, 2.45) is 0 Å². The van der Waals surface area contributed by atoms with Gasteiger partial charge in [0, 0.05) is 26.7 Å². The van der Waals surface area contributed by atoms with Gasteiger partial charge in [0.15, 0.2) is 0 Å². The van der Waals surface area contributed by atoms with Gasteiger partial charge in [0.2, 0.25) is 15.9 Å². The van der Waals surface area contributed by atoms with Gasteiger partial charge < -0.3 is 9.73 Å². The Morgan fingerprint density at radius 2 is 1.83 bits per heavy atom. The van der Waals surface area contributed by atoms with Crippen molar-refractivity contribution < 1.29 is 17.6 Å². The van der Waals surface area contributed by atoms with E-state index in [-0.39, 0.29) is 16.8 Å². The number of sulfonamides is 1. The smallest absolute Gasteiger partial charge is 0.244 e. The molecule has 30 heavy (non-hydrogen) atoms. The zero-order chi connectivity index (χ0) is 21.7. The monoisotopic (exact) mass is 431 g/mol. The maximum absolute atomic E-state index is 12.3. The van der Waals surface area contributed by atoms with E-state index >= 15 is 0 Å². The normalized spacial score (nSPS) is 16.4. The molecule has 0 saturated carbocycles. The van der Waals surface area contributed by atoms with Gasteiger partial charge in [0.25, 0.3) is 0 Å². The Kier molecular flexibility index (Phi) is 7.12. The second-order valence-electron chi connectivity index (χ2n) is 7.64. The summed E-state index contributed by atoms with van der Waals surface area (Å²) in [6, 6.07) is 10.4. The lowest BCUT2D eigenvalue weighted by Crippen LogP contribution is -2.36. The number of hydrogen-bond acceptors (Lipinski definition) is 5. The lowest BCUT2D eigenvalue weighted by atomic mass is 10.2. The lowest BCUT2D eigenvalue weighted by Gasteiger charge is -2.25. The molecular formula is C22H29N3O4S. The molecule has 1 unspecified atom stereocenters. The summed E-state index contributed by atoms with van der Waals surface area (Å²) in [4.78, 5) is 14.9. The van der Waals surface area contributed by atoms with Crippen LogP contribution in [0.15, 0.2) is 51.8 Å². The van der Waals surface area contributed by atoms with E-state index in [4.69, 9.17) is 4.42 Å². The summed E-state index contributed by atoms with van der Waals surface area (Å²) < 4.78 is 31.2. The number of carbonyl (C=O) groups is 1. The summed E-state index contributed by atoms with van der Waals surface area (Å²) in [5, 5.41) is 2.96. The molecule has 1 aliphatic rings. The highest BCUT2D eigenvalue weighted by Crippen LogP contribution is 2.26. The molecule has 1 fully saturated rings. The standard InChI is InChI=1S/C22H29N3O4S/c1-17-6-12-21(29-17)20(25-14-4-5-15-25)16-23-22(26)13-9-18-7-10-19(11-8-18)30(27,28)24(2)3/h6-13,20H,4-5,14-16H2,1-3H3,(H,23,26). The molecule has 2 aromatic rings. The molecule has 8 heteroatoms. The number of hydrogen-bond donors (Lipinski definition) is 1. The Hall–Kier alpha value is -2.42. The summed E-state index contributed by atoms with van der Waals surface area (Å²) in [6.07, 6.45) is 5.44. The molecule has 162 valence electrons. The molecule has 1 aromatic carbocycles. The molecule has 1 saturated heterocycles. The number of aryl methyl sites for hydroxylation is 1. The molecule has 2 heterocycles. The van der Waals surface area contributed by atoms with Gasteiger partial charge in [-0.2, -0.15) is 0 Å². The first-order valence-electron chi connectivity index (χ1n) is 10.1. The van der Waals surface area contributed by atoms with E-state index < -0.39 is 10.0 Å². The van der Waals surface area contributed by atoms with Crippen LogP contribution in [-0.2, 0) is 14.8 Å². The van der Waals surface area contributed by atoms with E-state index in [1.165, 1.54) is 36.6 Å². The van der Waals surface area contributed by atoms with Gasteiger partial charge in [-0.1, -0.05) is 12.1 Å². The van der Waals surface area contributed by atoms with E-state index in [9.17, 15) is 13.2 Å². The number of amides is 1. The number of likely N-dealkylation sites (tertiary alicyclic amines) is 1. The molecule has 1 aliphatic heterocycles. The minimum Gasteiger partial charge on any atom is -0.465 e. The minimum atomic E-state index is -3.46. The number of nitrogens with one attached hydrogen (secondary N) is 1. The van der Waals surface area contributed by atoms with Crippen LogP contribution in [0.2, 0.25) is 0 Å². The lowest BCUT2D eigenvalue weighted by molar-refractivity contribution is -0.116. The van der Waals surface area contributed by atoms with Crippen molar-refractivity contribution in [2.45, 2.75) is 30.7 Å². The molecule has 0 aliphatic carbocycles. The maximum atomic E-state index is 12.3. The van der Waals surface area contributed by atoms with Gasteiger partial charge in [0.05, 0.1) is 10.9 Å². The Balaban J connectivity index is 1.60. The number of rotatable bonds is 8. The van der Waals surface area contributed by atoms with Gasteiger partial charge in [-0.3, -0.25) is 9.69 Å². The second kappa shape index (κ2) is 9.59. The van der Waals surface area contributed by atoms with Gasteiger partial charge in [0.1, 0.15) is 11.5 Å². The SMILES string of the molecule is Cc1ccc(C(CNC(=O)C=Cc2ccc(S(=O)(=O)N(C)C)cc2)N2CCCC2)o1. The van der Waals surface area contributed by atoms with E-state index in [0.717, 1.165) is 43.0 Å². The highest BCUT2D eigenvalue weighted by atomic mass is 32.2. The first-order valence-corrected chi connectivity index (χ1v) is 11.5.